The smallest absolute Gasteiger partial charge is 0.219 e. The van der Waals surface area contributed by atoms with E-state index in [-0.39, 0.29) is 11.8 Å². The summed E-state index contributed by atoms with van der Waals surface area (Å²) in [5, 5.41) is 0. The highest BCUT2D eigenvalue weighted by Gasteiger charge is 2.29. The van der Waals surface area contributed by atoms with Crippen LogP contribution in [0.3, 0.4) is 0 Å². The number of aromatic nitrogens is 2. The van der Waals surface area contributed by atoms with E-state index in [0.29, 0.717) is 28.4 Å². The average molecular weight is 367 g/mol. The van der Waals surface area contributed by atoms with Crippen LogP contribution in [0.1, 0.15) is 12.8 Å². The van der Waals surface area contributed by atoms with Crippen molar-refractivity contribution in [1.29, 1.82) is 0 Å². The third-order valence-electron chi connectivity index (χ3n) is 4.48. The number of rotatable bonds is 5. The maximum absolute atomic E-state index is 14.7. The summed E-state index contributed by atoms with van der Waals surface area (Å²) in [5.41, 5.74) is 7.97. The van der Waals surface area contributed by atoms with Gasteiger partial charge >= 0.3 is 0 Å². The molecule has 2 N–H and O–H groups in total. The summed E-state index contributed by atoms with van der Waals surface area (Å²) >= 11 is -1.07. The molecule has 1 saturated carbocycles. The van der Waals surface area contributed by atoms with Gasteiger partial charge in [-0.1, -0.05) is 24.3 Å². The number of nitrogens with zero attached hydrogens (tertiary/aromatic N) is 2. The lowest BCUT2D eigenvalue weighted by Crippen LogP contribution is -2.09. The van der Waals surface area contributed by atoms with E-state index in [1.54, 1.807) is 6.07 Å². The maximum Gasteiger partial charge on any atom is 0.219 e. The molecule has 26 heavy (non-hydrogen) atoms. The predicted molar refractivity (Wildman–Crippen MR) is 101 cm³/mol. The highest BCUT2D eigenvalue weighted by molar-refractivity contribution is 7.91. The van der Waals surface area contributed by atoms with Crippen LogP contribution in [0, 0.1) is 11.7 Å². The van der Waals surface area contributed by atoms with Crippen LogP contribution in [0.15, 0.2) is 59.8 Å². The maximum atomic E-state index is 14.7. The Kier molecular flexibility index (Phi) is 4.61. The number of nitrogens with two attached hydrogens (primary N) is 1. The first-order valence-corrected chi connectivity index (χ1v) is 9.79. The molecule has 1 aromatic heterocycles. The Morgan fingerprint density at radius 1 is 1.04 bits per heavy atom. The minimum atomic E-state index is -1.07. The summed E-state index contributed by atoms with van der Waals surface area (Å²) in [7, 11) is 0. The molecule has 1 heterocycles. The first kappa shape index (κ1) is 17.0. The lowest BCUT2D eigenvalue weighted by molar-refractivity contribution is 0.591. The molecule has 0 amide bonds. The lowest BCUT2D eigenvalue weighted by atomic mass is 10.0. The van der Waals surface area contributed by atoms with Crippen molar-refractivity contribution in [3.05, 3.63) is 60.7 Å². The average Bonchev–Trinajstić information content (AvgIpc) is 3.46. The fourth-order valence-electron chi connectivity index (χ4n) is 2.89. The van der Waals surface area contributed by atoms with E-state index in [1.165, 1.54) is 18.5 Å². The topological polar surface area (TPSA) is 74.9 Å². The Labute approximate surface area is 154 Å². The quantitative estimate of drug-likeness (QED) is 0.690. The molecule has 1 aliphatic rings. The minimum absolute atomic E-state index is 0.151. The Hall–Kier alpha value is -2.44. The summed E-state index contributed by atoms with van der Waals surface area (Å²) in [6.45, 7) is 0. The Morgan fingerprint density at radius 3 is 2.46 bits per heavy atom. The first-order valence-electron chi connectivity index (χ1n) is 8.47. The van der Waals surface area contributed by atoms with Gasteiger partial charge in [-0.3, -0.25) is 0 Å². The second-order valence-electron chi connectivity index (χ2n) is 6.48. The van der Waals surface area contributed by atoms with Gasteiger partial charge in [0.1, 0.15) is 11.6 Å². The molecule has 132 valence electrons. The number of nitrogen functional groups attached to an aromatic ring is 1. The van der Waals surface area contributed by atoms with Gasteiger partial charge < -0.3 is 10.3 Å². The van der Waals surface area contributed by atoms with Gasteiger partial charge in [0.2, 0.25) is 5.95 Å². The van der Waals surface area contributed by atoms with E-state index in [9.17, 15) is 8.94 Å². The predicted octanol–water partition coefficient (Wildman–Crippen LogP) is 4.05. The van der Waals surface area contributed by atoms with Crippen molar-refractivity contribution >= 4 is 17.1 Å². The largest absolute Gasteiger partial charge is 0.611 e. The standard InChI is InChI=1S/C20H18FN3OS/c21-18-9-14(7-8-16(18)15-10-23-20(22)24-11-15)17-3-1-2-4-19(17)26(25)12-13-5-6-13/h1-4,7-11,13H,5-6,12H2,(H2,22,23,24). The third kappa shape index (κ3) is 3.57. The van der Waals surface area contributed by atoms with E-state index in [1.807, 2.05) is 30.3 Å². The van der Waals surface area contributed by atoms with Crippen LogP contribution in [0.4, 0.5) is 10.3 Å². The van der Waals surface area contributed by atoms with Crippen molar-refractivity contribution in [1.82, 2.24) is 9.97 Å². The normalized spacial score (nSPS) is 15.0. The number of halogens is 1. The molecule has 2 aromatic carbocycles. The summed E-state index contributed by atoms with van der Waals surface area (Å²) < 4.78 is 27.4. The lowest BCUT2D eigenvalue weighted by Gasteiger charge is -2.14. The molecule has 6 heteroatoms. The number of benzene rings is 2. The van der Waals surface area contributed by atoms with Crippen LogP contribution in [0.5, 0.6) is 0 Å². The number of hydrogen-bond donors (Lipinski definition) is 1. The molecule has 1 aliphatic carbocycles. The van der Waals surface area contributed by atoms with Gasteiger partial charge in [0.15, 0.2) is 4.90 Å². The van der Waals surface area contributed by atoms with Crippen molar-refractivity contribution in [3.63, 3.8) is 0 Å². The Bertz CT molecular complexity index is 929. The van der Waals surface area contributed by atoms with Crippen LogP contribution in [-0.2, 0) is 11.2 Å². The second kappa shape index (κ2) is 7.05. The SMILES string of the molecule is Nc1ncc(-c2ccc(-c3ccccc3[S+]([O-])CC3CC3)cc2F)cn1. The van der Waals surface area contributed by atoms with Gasteiger partial charge in [-0.2, -0.15) is 0 Å². The zero-order chi connectivity index (χ0) is 18.1. The van der Waals surface area contributed by atoms with Crippen molar-refractivity contribution in [2.45, 2.75) is 17.7 Å². The summed E-state index contributed by atoms with van der Waals surface area (Å²) in [6, 6.07) is 12.5. The summed E-state index contributed by atoms with van der Waals surface area (Å²) in [5.74, 6) is 1.02. The molecule has 3 aromatic rings. The fourth-order valence-corrected chi connectivity index (χ4v) is 4.49. The van der Waals surface area contributed by atoms with Crippen LogP contribution >= 0.6 is 0 Å². The van der Waals surface area contributed by atoms with Crippen LogP contribution in [-0.4, -0.2) is 20.3 Å². The van der Waals surface area contributed by atoms with E-state index < -0.39 is 11.2 Å². The molecule has 4 rings (SSSR count). The molecule has 1 fully saturated rings. The van der Waals surface area contributed by atoms with Gasteiger partial charge in [-0.05, 0) is 47.8 Å². The van der Waals surface area contributed by atoms with Crippen molar-refractivity contribution < 1.29 is 8.94 Å². The summed E-state index contributed by atoms with van der Waals surface area (Å²) in [6.07, 6.45) is 5.31. The molecule has 1 unspecified atom stereocenters. The molecule has 1 atom stereocenters. The van der Waals surface area contributed by atoms with Gasteiger partial charge in [-0.25, -0.2) is 14.4 Å². The van der Waals surface area contributed by atoms with E-state index in [4.69, 9.17) is 5.73 Å². The Balaban J connectivity index is 1.68. The zero-order valence-corrected chi connectivity index (χ0v) is 14.9. The second-order valence-corrected chi connectivity index (χ2v) is 7.94. The number of hydrogen-bond acceptors (Lipinski definition) is 4. The molecule has 0 aliphatic heterocycles. The third-order valence-corrected chi connectivity index (χ3v) is 6.10. The van der Waals surface area contributed by atoms with Crippen molar-refractivity contribution in [3.8, 4) is 22.3 Å². The monoisotopic (exact) mass is 367 g/mol. The van der Waals surface area contributed by atoms with Crippen LogP contribution in [0.2, 0.25) is 0 Å². The summed E-state index contributed by atoms with van der Waals surface area (Å²) in [4.78, 5) is 8.58. The van der Waals surface area contributed by atoms with E-state index in [0.717, 1.165) is 23.3 Å². The van der Waals surface area contributed by atoms with Gasteiger partial charge in [0.25, 0.3) is 0 Å². The van der Waals surface area contributed by atoms with Crippen molar-refractivity contribution in [2.24, 2.45) is 5.92 Å². The van der Waals surface area contributed by atoms with Crippen LogP contribution in [0.25, 0.3) is 22.3 Å². The molecule has 0 saturated heterocycles. The minimum Gasteiger partial charge on any atom is -0.611 e. The zero-order valence-electron chi connectivity index (χ0n) is 14.1. The molecular weight excluding hydrogens is 349 g/mol. The Morgan fingerprint density at radius 2 is 1.77 bits per heavy atom. The van der Waals surface area contributed by atoms with Crippen molar-refractivity contribution in [2.75, 3.05) is 11.5 Å². The van der Waals surface area contributed by atoms with E-state index >= 15 is 0 Å². The fraction of sp³-hybridized carbons (Fsp3) is 0.200. The van der Waals surface area contributed by atoms with Gasteiger partial charge in [0, 0.05) is 35.0 Å². The molecule has 0 spiro atoms. The van der Waals surface area contributed by atoms with Gasteiger partial charge in [0.05, 0.1) is 0 Å². The van der Waals surface area contributed by atoms with E-state index in [2.05, 4.69) is 9.97 Å². The first-order chi connectivity index (χ1) is 12.6. The molecular formula is C20H18FN3OS. The highest BCUT2D eigenvalue weighted by atomic mass is 32.2. The van der Waals surface area contributed by atoms with Gasteiger partial charge in [-0.15, -0.1) is 0 Å². The van der Waals surface area contributed by atoms with Crippen LogP contribution < -0.4 is 5.73 Å². The molecule has 0 radical (unpaired) electrons. The molecule has 0 bridgehead atoms. The number of anilines is 1. The molecule has 4 nitrogen and oxygen atoms in total. The highest BCUT2D eigenvalue weighted by Crippen LogP contribution is 2.36.